The van der Waals surface area contributed by atoms with Crippen LogP contribution in [0.15, 0.2) is 54.6 Å². The fourth-order valence-corrected chi connectivity index (χ4v) is 2.27. The van der Waals surface area contributed by atoms with Crippen LogP contribution < -0.4 is 15.4 Å². The number of hydrogen-bond donors (Lipinski definition) is 2. The number of carbonyl (C=O) groups excluding carboxylic acids is 2. The Hall–Kier alpha value is -3.08. The lowest BCUT2D eigenvalue weighted by atomic mass is 10.1. The smallest absolute Gasteiger partial charge is 0.255 e. The van der Waals surface area contributed by atoms with Gasteiger partial charge in [-0.25, -0.2) is 0 Å². The molecule has 0 aliphatic heterocycles. The molecule has 0 heterocycles. The molecule has 0 bridgehead atoms. The van der Waals surface area contributed by atoms with Crippen molar-refractivity contribution in [2.75, 3.05) is 17.2 Å². The maximum Gasteiger partial charge on any atom is 0.255 e. The molecule has 0 saturated heterocycles. The van der Waals surface area contributed by atoms with Gasteiger partial charge in [0.05, 0.1) is 0 Å². The maximum atomic E-state index is 12.6. The van der Waals surface area contributed by atoms with Crippen LogP contribution >= 0.6 is 0 Å². The first-order valence-electron chi connectivity index (χ1n) is 8.48. The molecule has 26 heavy (non-hydrogen) atoms. The Morgan fingerprint density at radius 2 is 1.73 bits per heavy atom. The largest absolute Gasteiger partial charge is 0.489 e. The van der Waals surface area contributed by atoms with E-state index >= 15 is 0 Å². The van der Waals surface area contributed by atoms with Crippen molar-refractivity contribution in [1.82, 2.24) is 0 Å². The van der Waals surface area contributed by atoms with Crippen LogP contribution in [0.25, 0.3) is 0 Å². The number of hydrogen-bond acceptors (Lipinski definition) is 3. The molecule has 136 valence electrons. The molecule has 2 aromatic rings. The zero-order chi connectivity index (χ0) is 19.1. The third kappa shape index (κ3) is 5.21. The molecular weight excluding hydrogens is 328 g/mol. The third-order valence-electron chi connectivity index (χ3n) is 3.76. The minimum absolute atomic E-state index is 0.0704. The minimum Gasteiger partial charge on any atom is -0.489 e. The summed E-state index contributed by atoms with van der Waals surface area (Å²) >= 11 is 0. The van der Waals surface area contributed by atoms with Crippen molar-refractivity contribution in [1.29, 1.82) is 0 Å². The topological polar surface area (TPSA) is 67.4 Å². The van der Waals surface area contributed by atoms with Gasteiger partial charge in [0.2, 0.25) is 5.91 Å². The van der Waals surface area contributed by atoms with Crippen LogP contribution in [-0.4, -0.2) is 18.4 Å². The molecule has 2 aromatic carbocycles. The summed E-state index contributed by atoms with van der Waals surface area (Å²) in [6.45, 7) is 9.72. The Morgan fingerprint density at radius 1 is 1.08 bits per heavy atom. The highest BCUT2D eigenvalue weighted by Gasteiger charge is 2.11. The van der Waals surface area contributed by atoms with E-state index in [1.54, 1.807) is 43.3 Å². The highest BCUT2D eigenvalue weighted by molar-refractivity contribution is 6.05. The summed E-state index contributed by atoms with van der Waals surface area (Å²) in [5.74, 6) is 0.299. The number of ether oxygens (including phenoxy) is 1. The summed E-state index contributed by atoms with van der Waals surface area (Å²) in [6, 6.07) is 12.4. The van der Waals surface area contributed by atoms with E-state index in [1.807, 2.05) is 19.9 Å². The van der Waals surface area contributed by atoms with E-state index in [1.165, 1.54) is 0 Å². The molecule has 0 aliphatic rings. The summed E-state index contributed by atoms with van der Waals surface area (Å²) in [4.78, 5) is 24.2. The molecule has 0 saturated carbocycles. The van der Waals surface area contributed by atoms with Crippen molar-refractivity contribution < 1.29 is 14.3 Å². The van der Waals surface area contributed by atoms with Crippen molar-refractivity contribution in [2.24, 2.45) is 0 Å². The Bertz CT molecular complexity index is 828. The lowest BCUT2D eigenvalue weighted by molar-refractivity contribution is -0.115. The van der Waals surface area contributed by atoms with Gasteiger partial charge >= 0.3 is 0 Å². The minimum atomic E-state index is -0.243. The number of anilines is 2. The van der Waals surface area contributed by atoms with Gasteiger partial charge in [-0.05, 0) is 55.3 Å². The van der Waals surface area contributed by atoms with E-state index in [4.69, 9.17) is 4.74 Å². The van der Waals surface area contributed by atoms with Crippen molar-refractivity contribution in [3.63, 3.8) is 0 Å². The van der Waals surface area contributed by atoms with Crippen molar-refractivity contribution in [2.45, 2.75) is 27.2 Å². The Morgan fingerprint density at radius 3 is 2.38 bits per heavy atom. The molecule has 2 N–H and O–H groups in total. The molecule has 0 radical (unpaired) electrons. The number of carbonyl (C=O) groups is 2. The van der Waals surface area contributed by atoms with E-state index in [0.717, 1.165) is 11.1 Å². The molecule has 0 fully saturated rings. The number of amides is 2. The molecule has 0 atom stereocenters. The van der Waals surface area contributed by atoms with Gasteiger partial charge in [-0.1, -0.05) is 25.6 Å². The average Bonchev–Trinajstić information content (AvgIpc) is 2.63. The summed E-state index contributed by atoms with van der Waals surface area (Å²) < 4.78 is 5.58. The monoisotopic (exact) mass is 352 g/mol. The third-order valence-corrected chi connectivity index (χ3v) is 3.76. The van der Waals surface area contributed by atoms with Crippen LogP contribution in [0.5, 0.6) is 5.75 Å². The van der Waals surface area contributed by atoms with Gasteiger partial charge in [-0.3, -0.25) is 9.59 Å². The normalized spacial score (nSPS) is 10.1. The molecule has 0 aromatic heterocycles. The van der Waals surface area contributed by atoms with E-state index in [0.29, 0.717) is 35.7 Å². The highest BCUT2D eigenvalue weighted by Crippen LogP contribution is 2.24. The SMILES string of the molecule is C=C(C)COc1cccc(C(=O)Nc2cccc(NC(=O)CC)c2C)c1. The van der Waals surface area contributed by atoms with Crippen molar-refractivity contribution in [3.05, 3.63) is 65.7 Å². The zero-order valence-electron chi connectivity index (χ0n) is 15.4. The van der Waals surface area contributed by atoms with Crippen LogP contribution in [0.1, 0.15) is 36.2 Å². The van der Waals surface area contributed by atoms with Gasteiger partial charge in [0.25, 0.3) is 5.91 Å². The second-order valence-electron chi connectivity index (χ2n) is 6.11. The van der Waals surface area contributed by atoms with Gasteiger partial charge < -0.3 is 15.4 Å². The van der Waals surface area contributed by atoms with Crippen LogP contribution in [-0.2, 0) is 4.79 Å². The fourth-order valence-electron chi connectivity index (χ4n) is 2.27. The van der Waals surface area contributed by atoms with Crippen molar-refractivity contribution in [3.8, 4) is 5.75 Å². The summed E-state index contributed by atoms with van der Waals surface area (Å²) in [5, 5.41) is 5.72. The van der Waals surface area contributed by atoms with Gasteiger partial charge in [-0.15, -0.1) is 0 Å². The second-order valence-corrected chi connectivity index (χ2v) is 6.11. The van der Waals surface area contributed by atoms with Gasteiger partial charge in [0, 0.05) is 23.4 Å². The number of rotatable bonds is 7. The molecule has 0 aliphatic carbocycles. The quantitative estimate of drug-likeness (QED) is 0.718. The Balaban J connectivity index is 2.15. The summed E-state index contributed by atoms with van der Waals surface area (Å²) in [7, 11) is 0. The summed E-state index contributed by atoms with van der Waals surface area (Å²) in [5.41, 5.74) is 3.54. The average molecular weight is 352 g/mol. The van der Waals surface area contributed by atoms with Crippen molar-refractivity contribution >= 4 is 23.2 Å². The standard InChI is InChI=1S/C21H24N2O3/c1-5-20(24)22-18-10-7-11-19(15(18)4)23-21(25)16-8-6-9-17(12-16)26-13-14(2)3/h6-12H,2,5,13H2,1,3-4H3,(H,22,24)(H,23,25). The summed E-state index contributed by atoms with van der Waals surface area (Å²) in [6.07, 6.45) is 0.396. The molecule has 2 rings (SSSR count). The van der Waals surface area contributed by atoms with Gasteiger partial charge in [0.15, 0.2) is 0 Å². The van der Waals surface area contributed by atoms with Gasteiger partial charge in [-0.2, -0.15) is 0 Å². The predicted octanol–water partition coefficient (Wildman–Crippen LogP) is 4.55. The van der Waals surface area contributed by atoms with Crippen LogP contribution in [0.3, 0.4) is 0 Å². The Labute approximate surface area is 154 Å². The predicted molar refractivity (Wildman–Crippen MR) is 105 cm³/mol. The Kier molecular flexibility index (Phi) is 6.55. The van der Waals surface area contributed by atoms with Crippen LogP contribution in [0, 0.1) is 6.92 Å². The zero-order valence-corrected chi connectivity index (χ0v) is 15.4. The van der Waals surface area contributed by atoms with E-state index in [9.17, 15) is 9.59 Å². The number of benzene rings is 2. The fraction of sp³-hybridized carbons (Fsp3) is 0.238. The first kappa shape index (κ1) is 19.2. The van der Waals surface area contributed by atoms with E-state index in [-0.39, 0.29) is 11.8 Å². The maximum absolute atomic E-state index is 12.6. The molecule has 5 nitrogen and oxygen atoms in total. The first-order valence-corrected chi connectivity index (χ1v) is 8.48. The van der Waals surface area contributed by atoms with E-state index in [2.05, 4.69) is 17.2 Å². The first-order chi connectivity index (χ1) is 12.4. The number of nitrogens with one attached hydrogen (secondary N) is 2. The highest BCUT2D eigenvalue weighted by atomic mass is 16.5. The molecule has 2 amide bonds. The van der Waals surface area contributed by atoms with E-state index < -0.39 is 0 Å². The lowest BCUT2D eigenvalue weighted by Gasteiger charge is -2.13. The molecule has 0 unspecified atom stereocenters. The van der Waals surface area contributed by atoms with Gasteiger partial charge in [0.1, 0.15) is 12.4 Å². The lowest BCUT2D eigenvalue weighted by Crippen LogP contribution is -2.15. The second kappa shape index (κ2) is 8.85. The van der Waals surface area contributed by atoms with Crippen LogP contribution in [0.4, 0.5) is 11.4 Å². The molecule has 5 heteroatoms. The molecular formula is C21H24N2O3. The van der Waals surface area contributed by atoms with Crippen LogP contribution in [0.2, 0.25) is 0 Å². The molecule has 0 spiro atoms.